The van der Waals surface area contributed by atoms with Crippen molar-refractivity contribution >= 4 is 28.3 Å². The van der Waals surface area contributed by atoms with E-state index in [0.29, 0.717) is 48.2 Å². The smallest absolute Gasteiger partial charge is 0.270 e. The van der Waals surface area contributed by atoms with Gasteiger partial charge in [-0.15, -0.1) is 0 Å². The number of fused-ring (bicyclic) bond motifs is 1. The van der Waals surface area contributed by atoms with Gasteiger partial charge in [0.2, 0.25) is 5.91 Å². The van der Waals surface area contributed by atoms with Crippen molar-refractivity contribution in [2.45, 2.75) is 18.8 Å². The van der Waals surface area contributed by atoms with Crippen molar-refractivity contribution in [3.63, 3.8) is 0 Å². The van der Waals surface area contributed by atoms with Crippen LogP contribution in [-0.2, 0) is 4.79 Å². The number of anilines is 1. The van der Waals surface area contributed by atoms with Crippen LogP contribution in [0.15, 0.2) is 42.7 Å². The summed E-state index contributed by atoms with van der Waals surface area (Å²) in [6, 6.07) is 7.79. The van der Waals surface area contributed by atoms with Crippen LogP contribution in [0, 0.1) is 27.7 Å². The van der Waals surface area contributed by atoms with E-state index in [1.54, 1.807) is 6.07 Å². The van der Waals surface area contributed by atoms with Crippen LogP contribution in [0.3, 0.4) is 0 Å². The van der Waals surface area contributed by atoms with Gasteiger partial charge in [-0.05, 0) is 36.5 Å². The predicted octanol–water partition coefficient (Wildman–Crippen LogP) is 3.54. The monoisotopic (exact) mass is 427 g/mol. The van der Waals surface area contributed by atoms with Crippen LogP contribution in [0.4, 0.5) is 20.3 Å². The van der Waals surface area contributed by atoms with Gasteiger partial charge in [-0.2, -0.15) is 0 Å². The van der Waals surface area contributed by atoms with E-state index < -0.39 is 16.6 Å². The minimum Gasteiger partial charge on any atom is -0.369 e. The quantitative estimate of drug-likeness (QED) is 0.323. The largest absolute Gasteiger partial charge is 0.369 e. The molecule has 1 aromatic heterocycles. The fraction of sp³-hybridized carbons (Fsp3) is 0.286. The summed E-state index contributed by atoms with van der Waals surface area (Å²) < 4.78 is 26.9. The molecule has 2 atom stereocenters. The van der Waals surface area contributed by atoms with E-state index in [0.717, 1.165) is 6.07 Å². The molecule has 0 saturated heterocycles. The molecule has 1 aliphatic rings. The molecule has 0 spiro atoms. The number of hydrogen-bond acceptors (Lipinski definition) is 6. The SMILES string of the molecule is O=C(NCCCNc1ncnc2ccc([N+](=O)[O-])cc12)[C@@H]1C[C@H]1c1ccc(F)cc1F. The molecule has 31 heavy (non-hydrogen) atoms. The number of nitro benzene ring substituents is 1. The van der Waals surface area contributed by atoms with Gasteiger partial charge in [0.1, 0.15) is 23.8 Å². The maximum absolute atomic E-state index is 13.8. The van der Waals surface area contributed by atoms with Crippen LogP contribution in [0.25, 0.3) is 10.9 Å². The minimum atomic E-state index is -0.638. The summed E-state index contributed by atoms with van der Waals surface area (Å²) in [5, 5.41) is 17.5. The standard InChI is InChI=1S/C21H19F2N5O3/c22-12-2-4-14(18(23)8-12)15-10-16(15)21(29)25-7-1-6-24-20-17-9-13(28(30)31)3-5-19(17)26-11-27-20/h2-5,8-9,11,15-16H,1,6-7,10H2,(H,25,29)(H,24,26,27)/t15-,16+/m0/s1. The molecule has 0 aliphatic heterocycles. The zero-order chi connectivity index (χ0) is 22.0. The van der Waals surface area contributed by atoms with Crippen LogP contribution in [0.5, 0.6) is 0 Å². The molecule has 2 N–H and O–H groups in total. The summed E-state index contributed by atoms with van der Waals surface area (Å²) in [5.41, 5.74) is 0.909. The minimum absolute atomic E-state index is 0.0470. The van der Waals surface area contributed by atoms with Gasteiger partial charge in [-0.3, -0.25) is 14.9 Å². The van der Waals surface area contributed by atoms with Crippen molar-refractivity contribution in [3.05, 3.63) is 70.0 Å². The summed E-state index contributed by atoms with van der Waals surface area (Å²) in [6.45, 7) is 0.889. The highest BCUT2D eigenvalue weighted by Crippen LogP contribution is 2.48. The Hall–Kier alpha value is -3.69. The molecule has 0 bridgehead atoms. The fourth-order valence-corrected chi connectivity index (χ4v) is 3.57. The molecule has 10 heteroatoms. The lowest BCUT2D eigenvalue weighted by Crippen LogP contribution is -2.27. The topological polar surface area (TPSA) is 110 Å². The fourth-order valence-electron chi connectivity index (χ4n) is 3.57. The molecular weight excluding hydrogens is 408 g/mol. The number of rotatable bonds is 8. The average molecular weight is 427 g/mol. The Labute approximate surface area is 175 Å². The Morgan fingerprint density at radius 1 is 1.16 bits per heavy atom. The number of amides is 1. The van der Waals surface area contributed by atoms with Crippen molar-refractivity contribution in [1.29, 1.82) is 0 Å². The van der Waals surface area contributed by atoms with Crippen LogP contribution in [0.1, 0.15) is 24.3 Å². The molecule has 160 valence electrons. The van der Waals surface area contributed by atoms with Gasteiger partial charge in [-0.1, -0.05) is 6.07 Å². The Bertz CT molecular complexity index is 1160. The van der Waals surface area contributed by atoms with Gasteiger partial charge >= 0.3 is 0 Å². The molecule has 1 amide bonds. The molecule has 0 radical (unpaired) electrons. The first-order chi connectivity index (χ1) is 14.9. The van der Waals surface area contributed by atoms with Gasteiger partial charge in [-0.25, -0.2) is 18.7 Å². The van der Waals surface area contributed by atoms with E-state index in [1.165, 1.54) is 30.6 Å². The Morgan fingerprint density at radius 2 is 2.00 bits per heavy atom. The van der Waals surface area contributed by atoms with Crippen LogP contribution >= 0.6 is 0 Å². The zero-order valence-corrected chi connectivity index (χ0v) is 16.3. The number of benzene rings is 2. The third-order valence-corrected chi connectivity index (χ3v) is 5.26. The second-order valence-electron chi connectivity index (χ2n) is 7.37. The lowest BCUT2D eigenvalue weighted by Gasteiger charge is -2.09. The van der Waals surface area contributed by atoms with Crippen molar-refractivity contribution in [2.24, 2.45) is 5.92 Å². The maximum Gasteiger partial charge on any atom is 0.270 e. The molecule has 1 saturated carbocycles. The van der Waals surface area contributed by atoms with Crippen LogP contribution in [0.2, 0.25) is 0 Å². The normalized spacial score (nSPS) is 17.4. The van der Waals surface area contributed by atoms with Crippen molar-refractivity contribution in [2.75, 3.05) is 18.4 Å². The third kappa shape index (κ3) is 4.57. The zero-order valence-electron chi connectivity index (χ0n) is 16.3. The summed E-state index contributed by atoms with van der Waals surface area (Å²) >= 11 is 0. The Morgan fingerprint density at radius 3 is 2.77 bits per heavy atom. The number of carbonyl (C=O) groups is 1. The first-order valence-electron chi connectivity index (χ1n) is 9.79. The lowest BCUT2D eigenvalue weighted by molar-refractivity contribution is -0.384. The second-order valence-corrected chi connectivity index (χ2v) is 7.37. The molecule has 1 aliphatic carbocycles. The van der Waals surface area contributed by atoms with E-state index in [2.05, 4.69) is 20.6 Å². The summed E-state index contributed by atoms with van der Waals surface area (Å²) in [5.74, 6) is -1.46. The number of carbonyl (C=O) groups excluding carboxylic acids is 1. The highest BCUT2D eigenvalue weighted by atomic mass is 19.1. The van der Waals surface area contributed by atoms with Crippen molar-refractivity contribution < 1.29 is 18.5 Å². The average Bonchev–Trinajstić information content (AvgIpc) is 3.53. The Kier molecular flexibility index (Phi) is 5.70. The Balaban J connectivity index is 1.26. The highest BCUT2D eigenvalue weighted by Gasteiger charge is 2.45. The summed E-state index contributed by atoms with van der Waals surface area (Å²) in [6.07, 6.45) is 2.51. The van der Waals surface area contributed by atoms with Gasteiger partial charge in [0, 0.05) is 42.6 Å². The first kappa shape index (κ1) is 20.6. The number of nitrogens with zero attached hydrogens (tertiary/aromatic N) is 3. The maximum atomic E-state index is 13.8. The van der Waals surface area contributed by atoms with Crippen LogP contribution < -0.4 is 10.6 Å². The van der Waals surface area contributed by atoms with Gasteiger partial charge in [0.05, 0.1) is 10.4 Å². The summed E-state index contributed by atoms with van der Waals surface area (Å²) in [7, 11) is 0. The number of non-ortho nitro benzene ring substituents is 1. The molecule has 4 rings (SSSR count). The highest BCUT2D eigenvalue weighted by molar-refractivity contribution is 5.90. The van der Waals surface area contributed by atoms with E-state index in [9.17, 15) is 23.7 Å². The number of hydrogen-bond donors (Lipinski definition) is 2. The number of aromatic nitrogens is 2. The molecule has 2 aromatic carbocycles. The molecule has 3 aromatic rings. The summed E-state index contributed by atoms with van der Waals surface area (Å²) in [4.78, 5) is 31.0. The third-order valence-electron chi connectivity index (χ3n) is 5.26. The molecule has 0 unspecified atom stereocenters. The van der Waals surface area contributed by atoms with E-state index in [-0.39, 0.29) is 23.4 Å². The van der Waals surface area contributed by atoms with Crippen LogP contribution in [-0.4, -0.2) is 33.9 Å². The van der Waals surface area contributed by atoms with Crippen molar-refractivity contribution in [1.82, 2.24) is 15.3 Å². The molecule has 1 heterocycles. The predicted molar refractivity (Wildman–Crippen MR) is 110 cm³/mol. The first-order valence-corrected chi connectivity index (χ1v) is 9.79. The van der Waals surface area contributed by atoms with E-state index in [4.69, 9.17) is 0 Å². The van der Waals surface area contributed by atoms with E-state index in [1.807, 2.05) is 0 Å². The van der Waals surface area contributed by atoms with Crippen molar-refractivity contribution in [3.8, 4) is 0 Å². The second kappa shape index (κ2) is 8.58. The van der Waals surface area contributed by atoms with Gasteiger partial charge in [0.25, 0.3) is 5.69 Å². The molecule has 8 nitrogen and oxygen atoms in total. The molecule has 1 fully saturated rings. The lowest BCUT2D eigenvalue weighted by atomic mass is 10.1. The number of nitrogens with one attached hydrogen (secondary N) is 2. The number of halogens is 2. The molecular formula is C21H19F2N5O3. The van der Waals surface area contributed by atoms with E-state index >= 15 is 0 Å². The van der Waals surface area contributed by atoms with Gasteiger partial charge < -0.3 is 10.6 Å². The number of nitro groups is 1. The van der Waals surface area contributed by atoms with Gasteiger partial charge in [0.15, 0.2) is 0 Å².